The molecule has 4 rings (SSSR count). The van der Waals surface area contributed by atoms with Gasteiger partial charge < -0.3 is 0 Å². The molecule has 1 aliphatic rings. The van der Waals surface area contributed by atoms with Gasteiger partial charge in [-0.25, -0.2) is 9.67 Å². The van der Waals surface area contributed by atoms with Gasteiger partial charge in [-0.3, -0.25) is 0 Å². The van der Waals surface area contributed by atoms with E-state index in [1.807, 2.05) is 0 Å². The lowest BCUT2D eigenvalue weighted by molar-refractivity contribution is -0.0465. The van der Waals surface area contributed by atoms with E-state index >= 15 is 0 Å². The second-order valence-electron chi connectivity index (χ2n) is 9.51. The Balaban J connectivity index is 1.90. The number of halogens is 9. The van der Waals surface area contributed by atoms with E-state index in [0.29, 0.717) is 12.8 Å². The highest BCUT2D eigenvalue weighted by Crippen LogP contribution is 2.41. The van der Waals surface area contributed by atoms with Crippen molar-refractivity contribution in [1.29, 1.82) is 0 Å². The van der Waals surface area contributed by atoms with Crippen LogP contribution in [0.3, 0.4) is 0 Å². The van der Waals surface area contributed by atoms with Crippen molar-refractivity contribution in [3.05, 3.63) is 36.7 Å². The maximum absolute atomic E-state index is 13.8. The first-order chi connectivity index (χ1) is 20.5. The summed E-state index contributed by atoms with van der Waals surface area (Å²) in [5, 5.41) is 4.37. The lowest BCUT2D eigenvalue weighted by Crippen LogP contribution is -2.49. The highest BCUT2D eigenvalue weighted by Gasteiger charge is 2.62. The summed E-state index contributed by atoms with van der Waals surface area (Å²) in [5.41, 5.74) is -22.4. The maximum Gasteiger partial charge on any atom is 0.517 e. The molecule has 0 atom stereocenters. The molecule has 1 fully saturated rings. The molecule has 0 amide bonds. The predicted molar refractivity (Wildman–Crippen MR) is 138 cm³/mol. The van der Waals surface area contributed by atoms with E-state index in [1.54, 1.807) is 0 Å². The van der Waals surface area contributed by atoms with Crippen LogP contribution in [-0.2, 0) is 30.1 Å². The Morgan fingerprint density at radius 1 is 0.667 bits per heavy atom. The third-order valence-corrected chi connectivity index (χ3v) is 11.6. The van der Waals surface area contributed by atoms with Crippen LogP contribution in [0.5, 0.6) is 0 Å². The zero-order valence-electron chi connectivity index (χ0n) is 22.0. The fourth-order valence-electron chi connectivity index (χ4n) is 4.46. The quantitative estimate of drug-likeness (QED) is 0.237. The van der Waals surface area contributed by atoms with Crippen LogP contribution >= 0.6 is 0 Å². The van der Waals surface area contributed by atoms with Crippen molar-refractivity contribution >= 4 is 58.4 Å². The largest absolute Gasteiger partial charge is 0.517 e. The van der Waals surface area contributed by atoms with Crippen molar-refractivity contribution in [2.24, 2.45) is 0 Å². The molecule has 1 aliphatic carbocycles. The second kappa shape index (κ2) is 11.4. The van der Waals surface area contributed by atoms with Crippen molar-refractivity contribution in [3.8, 4) is 0 Å². The van der Waals surface area contributed by atoms with Crippen LogP contribution in [0.25, 0.3) is 11.0 Å². The summed E-state index contributed by atoms with van der Waals surface area (Å²) < 4.78 is 192. The van der Waals surface area contributed by atoms with Crippen molar-refractivity contribution < 1.29 is 64.8 Å². The standard InChI is InChI=1S/C21H19F9N6O6S3/c22-19(23,24)43(37,38)35(18-31-11-13-12-32-34(17(13)33-18)14-5-3-1-2-4-6-14)15-7-9-16(10-8-15)36(44(39,40)20(25,26)27)45(41,42)21(28,29)30/h7-12,14H,1-6H2. The lowest BCUT2D eigenvalue weighted by atomic mass is 10.1. The molecule has 45 heavy (non-hydrogen) atoms. The molecule has 3 aromatic rings. The Morgan fingerprint density at radius 2 is 1.13 bits per heavy atom. The van der Waals surface area contributed by atoms with Crippen LogP contribution in [0, 0.1) is 0 Å². The fraction of sp³-hybridized carbons (Fsp3) is 0.476. The number of alkyl halides is 9. The van der Waals surface area contributed by atoms with Crippen LogP contribution in [-0.4, -0.2) is 61.5 Å². The molecule has 0 N–H and O–H groups in total. The second-order valence-corrected chi connectivity index (χ2v) is 15.1. The predicted octanol–water partition coefficient (Wildman–Crippen LogP) is 5.21. The molecule has 0 radical (unpaired) electrons. The van der Waals surface area contributed by atoms with Gasteiger partial charge in [0.05, 0.1) is 29.0 Å². The van der Waals surface area contributed by atoms with E-state index in [1.165, 1.54) is 10.9 Å². The van der Waals surface area contributed by atoms with Gasteiger partial charge in [0.25, 0.3) is 0 Å². The molecule has 1 aromatic carbocycles. The van der Waals surface area contributed by atoms with Crippen molar-refractivity contribution in [2.75, 3.05) is 8.02 Å². The average molecular weight is 719 g/mol. The lowest BCUT2D eigenvalue weighted by Gasteiger charge is -2.27. The van der Waals surface area contributed by atoms with Gasteiger partial charge in [0, 0.05) is 6.20 Å². The molecule has 12 nitrogen and oxygen atoms in total. The highest BCUT2D eigenvalue weighted by molar-refractivity contribution is 8.11. The van der Waals surface area contributed by atoms with Crippen LogP contribution in [0.1, 0.15) is 44.6 Å². The van der Waals surface area contributed by atoms with Crippen molar-refractivity contribution in [3.63, 3.8) is 0 Å². The number of aromatic nitrogens is 4. The first-order valence-corrected chi connectivity index (χ1v) is 16.7. The van der Waals surface area contributed by atoms with E-state index in [0.717, 1.165) is 31.9 Å². The van der Waals surface area contributed by atoms with Gasteiger partial charge in [-0.05, 0) is 37.1 Å². The molecule has 0 unspecified atom stereocenters. The summed E-state index contributed by atoms with van der Waals surface area (Å²) in [5.74, 6) is -1.18. The number of rotatable bonds is 7. The average Bonchev–Trinajstić information content (AvgIpc) is 3.12. The summed E-state index contributed by atoms with van der Waals surface area (Å²) in [6.45, 7) is 0. The molecule has 24 heteroatoms. The molecule has 250 valence electrons. The molecule has 0 saturated heterocycles. The zero-order chi connectivity index (χ0) is 33.8. The maximum atomic E-state index is 13.8. The first-order valence-electron chi connectivity index (χ1n) is 12.4. The minimum atomic E-state index is -7.33. The SMILES string of the molecule is O=S(=O)(N(c1ccc(N(S(=O)(=O)C(F)(F)F)S(=O)(=O)C(F)(F)F)cc1)c1ncc2cnn(C3CCCCCC3)c2n1)C(F)(F)F. The van der Waals surface area contributed by atoms with Gasteiger partial charge in [0.15, 0.2) is 5.65 Å². The monoisotopic (exact) mass is 718 g/mol. The van der Waals surface area contributed by atoms with Crippen molar-refractivity contribution in [1.82, 2.24) is 19.7 Å². The van der Waals surface area contributed by atoms with Crippen molar-refractivity contribution in [2.45, 2.75) is 61.1 Å². The Labute approximate surface area is 248 Å². The molecule has 0 spiro atoms. The van der Waals surface area contributed by atoms with E-state index in [-0.39, 0.29) is 41.3 Å². The number of fused-ring (bicyclic) bond motifs is 1. The Hall–Kier alpha value is -3.41. The highest BCUT2D eigenvalue weighted by atomic mass is 32.3. The van der Waals surface area contributed by atoms with E-state index in [9.17, 15) is 64.8 Å². The summed E-state index contributed by atoms with van der Waals surface area (Å²) in [4.78, 5) is 7.56. The minimum absolute atomic E-state index is 0.0743. The number of sulfonamides is 3. The van der Waals surface area contributed by atoms with Gasteiger partial charge in [0.2, 0.25) is 5.95 Å². The Morgan fingerprint density at radius 3 is 1.60 bits per heavy atom. The fourth-order valence-corrected chi connectivity index (χ4v) is 8.09. The number of benzene rings is 1. The van der Waals surface area contributed by atoms with Gasteiger partial charge >= 0.3 is 46.6 Å². The minimum Gasteiger partial charge on any atom is -0.244 e. The summed E-state index contributed by atoms with van der Waals surface area (Å²) >= 11 is 0. The smallest absolute Gasteiger partial charge is 0.244 e. The van der Waals surface area contributed by atoms with E-state index < -0.39 is 71.9 Å². The molecular weight excluding hydrogens is 699 g/mol. The normalized spacial score (nSPS) is 16.5. The Kier molecular flexibility index (Phi) is 8.76. The molecule has 0 aliphatic heterocycles. The van der Waals surface area contributed by atoms with E-state index in [2.05, 4.69) is 15.1 Å². The Bertz CT molecular complexity index is 1840. The van der Waals surface area contributed by atoms with Crippen LogP contribution < -0.4 is 8.02 Å². The summed E-state index contributed by atoms with van der Waals surface area (Å²) in [7, 11) is -21.2. The zero-order valence-corrected chi connectivity index (χ0v) is 24.5. The van der Waals surface area contributed by atoms with Crippen LogP contribution in [0.2, 0.25) is 0 Å². The third-order valence-electron chi connectivity index (χ3n) is 6.52. The molecular formula is C21H19F9N6O6S3. The number of anilines is 3. The van der Waals surface area contributed by atoms with Gasteiger partial charge in [-0.15, -0.1) is 3.71 Å². The topological polar surface area (TPSA) is 152 Å². The van der Waals surface area contributed by atoms with Gasteiger partial charge in [-0.1, -0.05) is 25.7 Å². The molecule has 2 heterocycles. The number of nitrogens with zero attached hydrogens (tertiary/aromatic N) is 6. The third kappa shape index (κ3) is 6.22. The molecule has 1 saturated carbocycles. The van der Waals surface area contributed by atoms with Gasteiger partial charge in [0.1, 0.15) is 0 Å². The number of hydrogen-bond acceptors (Lipinski definition) is 9. The van der Waals surface area contributed by atoms with Crippen LogP contribution in [0.4, 0.5) is 56.8 Å². The first kappa shape index (κ1) is 34.5. The molecule has 0 bridgehead atoms. The number of hydrogen-bond donors (Lipinski definition) is 0. The van der Waals surface area contributed by atoms with Crippen LogP contribution in [0.15, 0.2) is 36.7 Å². The summed E-state index contributed by atoms with van der Waals surface area (Å²) in [6, 6.07) is -0.138. The molecule has 2 aromatic heterocycles. The summed E-state index contributed by atoms with van der Waals surface area (Å²) in [6.07, 6.45) is 6.83. The van der Waals surface area contributed by atoms with E-state index in [4.69, 9.17) is 0 Å². The van der Waals surface area contributed by atoms with Gasteiger partial charge in [-0.2, -0.15) is 79.2 Å².